The van der Waals surface area contributed by atoms with Gasteiger partial charge in [0.2, 0.25) is 0 Å². The molecule has 4 rings (SSSR count). The average molecular weight is 579 g/mol. The molecule has 1 aliphatic carbocycles. The molecule has 2 aromatic carbocycles. The van der Waals surface area contributed by atoms with Crippen LogP contribution in [0, 0.1) is 5.41 Å². The number of aryl methyl sites for hydroxylation is 1. The molecule has 1 unspecified atom stereocenters. The molecular formula is C27H29F3N4O5S. The molecule has 13 heteroatoms. The third-order valence-electron chi connectivity index (χ3n) is 6.67. The topological polar surface area (TPSA) is 91.8 Å². The number of amides is 3. The van der Waals surface area contributed by atoms with E-state index in [4.69, 9.17) is 9.47 Å². The maximum Gasteiger partial charge on any atom is 0.421 e. The van der Waals surface area contributed by atoms with E-state index in [2.05, 4.69) is 5.10 Å². The van der Waals surface area contributed by atoms with Crippen LogP contribution in [0.5, 0.6) is 0 Å². The average Bonchev–Trinajstić information content (AvgIpc) is 3.34. The summed E-state index contributed by atoms with van der Waals surface area (Å²) in [5.74, 6) is -0.542. The van der Waals surface area contributed by atoms with Gasteiger partial charge in [-0.15, -0.1) is 0 Å². The van der Waals surface area contributed by atoms with Gasteiger partial charge in [0.15, 0.2) is 0 Å². The van der Waals surface area contributed by atoms with Crippen molar-refractivity contribution >= 4 is 41.6 Å². The molecule has 1 atom stereocenters. The highest BCUT2D eigenvalue weighted by atomic mass is 32.2. The Labute approximate surface area is 234 Å². The summed E-state index contributed by atoms with van der Waals surface area (Å²) >= 11 is 0.674. The number of carbonyl (C=O) groups is 3. The van der Waals surface area contributed by atoms with E-state index < -0.39 is 41.3 Å². The lowest BCUT2D eigenvalue weighted by Crippen LogP contribution is -2.48. The Morgan fingerprint density at radius 2 is 1.80 bits per heavy atom. The van der Waals surface area contributed by atoms with Crippen molar-refractivity contribution in [1.29, 1.82) is 0 Å². The molecule has 0 saturated carbocycles. The molecule has 9 nitrogen and oxygen atoms in total. The fraction of sp³-hybridized carbons (Fsp3) is 0.407. The summed E-state index contributed by atoms with van der Waals surface area (Å²) < 4.78 is 52.3. The highest BCUT2D eigenvalue weighted by Crippen LogP contribution is 2.43. The molecule has 1 heterocycles. The lowest BCUT2D eigenvalue weighted by Gasteiger charge is -2.34. The van der Waals surface area contributed by atoms with E-state index in [1.807, 2.05) is 24.3 Å². The molecule has 3 amide bonds. The van der Waals surface area contributed by atoms with Crippen LogP contribution in [-0.2, 0) is 26.9 Å². The van der Waals surface area contributed by atoms with Crippen LogP contribution >= 0.6 is 12.1 Å². The number of methoxy groups -OCH3 is 1. The lowest BCUT2D eigenvalue weighted by atomic mass is 9.70. The van der Waals surface area contributed by atoms with Crippen LogP contribution in [0.1, 0.15) is 43.9 Å². The third kappa shape index (κ3) is 5.47. The number of benzene rings is 2. The minimum atomic E-state index is -4.58. The Kier molecular flexibility index (Phi) is 8.33. The second-order valence-corrected chi connectivity index (χ2v) is 10.5. The van der Waals surface area contributed by atoms with Crippen molar-refractivity contribution in [2.45, 2.75) is 45.8 Å². The molecule has 0 bridgehead atoms. The van der Waals surface area contributed by atoms with Crippen LogP contribution in [0.15, 0.2) is 53.6 Å². The third-order valence-corrected chi connectivity index (χ3v) is 7.95. The molecule has 214 valence electrons. The molecule has 0 radical (unpaired) electrons. The quantitative estimate of drug-likeness (QED) is 0.314. The van der Waals surface area contributed by atoms with Crippen LogP contribution in [0.25, 0.3) is 0 Å². The molecule has 2 aliphatic rings. The molecule has 1 aliphatic heterocycles. The van der Waals surface area contributed by atoms with Crippen molar-refractivity contribution in [1.82, 2.24) is 9.31 Å². The van der Waals surface area contributed by atoms with Gasteiger partial charge >= 0.3 is 24.3 Å². The Morgan fingerprint density at radius 3 is 2.40 bits per heavy atom. The predicted molar refractivity (Wildman–Crippen MR) is 143 cm³/mol. The molecule has 0 saturated heterocycles. The summed E-state index contributed by atoms with van der Waals surface area (Å²) in [5, 5.41) is 5.66. The van der Waals surface area contributed by atoms with Crippen LogP contribution in [-0.4, -0.2) is 59.4 Å². The summed E-state index contributed by atoms with van der Waals surface area (Å²) in [4.78, 5) is 39.9. The van der Waals surface area contributed by atoms with Gasteiger partial charge in [-0.2, -0.15) is 18.3 Å². The summed E-state index contributed by atoms with van der Waals surface area (Å²) in [7, 11) is 1.27. The van der Waals surface area contributed by atoms with Gasteiger partial charge in [-0.05, 0) is 63.4 Å². The van der Waals surface area contributed by atoms with Gasteiger partial charge in [-0.3, -0.25) is 4.79 Å². The van der Waals surface area contributed by atoms with Crippen molar-refractivity contribution in [2.24, 2.45) is 10.5 Å². The van der Waals surface area contributed by atoms with E-state index in [0.717, 1.165) is 44.7 Å². The smallest absolute Gasteiger partial charge is 0.421 e. The van der Waals surface area contributed by atoms with Gasteiger partial charge in [0, 0.05) is 11.6 Å². The Morgan fingerprint density at radius 1 is 1.12 bits per heavy atom. The van der Waals surface area contributed by atoms with Gasteiger partial charge in [0.1, 0.15) is 5.41 Å². The first-order chi connectivity index (χ1) is 18.9. The minimum Gasteiger partial charge on any atom is -0.468 e. The molecular weight excluding hydrogens is 549 g/mol. The molecule has 40 heavy (non-hydrogen) atoms. The Bertz CT molecular complexity index is 1320. The maximum absolute atomic E-state index is 14.0. The molecule has 2 aromatic rings. The zero-order valence-corrected chi connectivity index (χ0v) is 23.2. The summed E-state index contributed by atoms with van der Waals surface area (Å²) in [6, 6.07) is 10.2. The first-order valence-electron chi connectivity index (χ1n) is 12.6. The Balaban J connectivity index is 1.76. The number of fused-ring (bicyclic) bond motifs is 3. The van der Waals surface area contributed by atoms with Gasteiger partial charge in [0.05, 0.1) is 49.4 Å². The molecule has 0 fully saturated rings. The van der Waals surface area contributed by atoms with Crippen molar-refractivity contribution in [3.63, 3.8) is 0 Å². The first-order valence-corrected chi connectivity index (χ1v) is 13.3. The van der Waals surface area contributed by atoms with E-state index in [1.165, 1.54) is 11.4 Å². The number of alkyl halides is 3. The number of carbonyl (C=O) groups excluding carboxylic acids is 3. The number of nitrogens with zero attached hydrogens (tertiary/aromatic N) is 4. The largest absolute Gasteiger partial charge is 0.468 e. The van der Waals surface area contributed by atoms with Crippen molar-refractivity contribution < 1.29 is 37.0 Å². The molecule has 0 N–H and O–H groups in total. The SMILES string of the molecule is CCOC(=O)N(SN(C(=O)N1CC2(C(=O)OC)CCc3ccccc3C2=N1)c1ccc(C(F)(F)F)cc1)C(C)C. The monoisotopic (exact) mass is 578 g/mol. The normalized spacial score (nSPS) is 18.0. The van der Waals surface area contributed by atoms with Gasteiger partial charge in [0.25, 0.3) is 0 Å². The number of hydrazone groups is 1. The van der Waals surface area contributed by atoms with Crippen LogP contribution in [0.2, 0.25) is 0 Å². The number of ether oxygens (including phenoxy) is 2. The summed E-state index contributed by atoms with van der Waals surface area (Å²) in [6.07, 6.45) is -4.39. The fourth-order valence-electron chi connectivity index (χ4n) is 4.67. The van der Waals surface area contributed by atoms with Crippen molar-refractivity contribution in [2.75, 3.05) is 24.6 Å². The van der Waals surface area contributed by atoms with E-state index in [-0.39, 0.29) is 18.8 Å². The second kappa shape index (κ2) is 11.4. The summed E-state index contributed by atoms with van der Waals surface area (Å²) in [6.45, 7) is 4.98. The van der Waals surface area contributed by atoms with E-state index in [1.54, 1.807) is 20.8 Å². The number of urea groups is 1. The number of anilines is 1. The predicted octanol–water partition coefficient (Wildman–Crippen LogP) is 5.89. The van der Waals surface area contributed by atoms with Gasteiger partial charge < -0.3 is 9.47 Å². The Hall–Kier alpha value is -3.74. The van der Waals surface area contributed by atoms with Crippen molar-refractivity contribution in [3.8, 4) is 0 Å². The van der Waals surface area contributed by atoms with E-state index in [0.29, 0.717) is 30.7 Å². The second-order valence-electron chi connectivity index (χ2n) is 9.56. The number of rotatable bonds is 6. The van der Waals surface area contributed by atoms with Gasteiger partial charge in [-0.25, -0.2) is 23.2 Å². The standard InChI is InChI=1S/C27H29F3N4O5S/c1-5-39-25(37)33(17(2)3)40-34(20-12-10-19(11-13-20)27(28,29)30)24(36)32-16-26(23(35)38-4)15-14-18-8-6-7-9-21(18)22(26)31-32/h6-13,17H,5,14-16H2,1-4H3. The highest BCUT2D eigenvalue weighted by molar-refractivity contribution is 7.99. The van der Waals surface area contributed by atoms with Gasteiger partial charge in [-0.1, -0.05) is 24.3 Å². The fourth-order valence-corrected chi connectivity index (χ4v) is 5.54. The zero-order valence-electron chi connectivity index (χ0n) is 22.4. The van der Waals surface area contributed by atoms with E-state index in [9.17, 15) is 27.6 Å². The van der Waals surface area contributed by atoms with Crippen molar-refractivity contribution in [3.05, 3.63) is 65.2 Å². The number of halogens is 3. The van der Waals surface area contributed by atoms with E-state index >= 15 is 0 Å². The molecule has 0 aromatic heterocycles. The van der Waals surface area contributed by atoms with Crippen LogP contribution in [0.3, 0.4) is 0 Å². The first kappa shape index (κ1) is 29.2. The zero-order chi connectivity index (χ0) is 29.2. The number of hydrogen-bond donors (Lipinski definition) is 0. The maximum atomic E-state index is 14.0. The molecule has 0 spiro atoms. The van der Waals surface area contributed by atoms with Crippen LogP contribution < -0.4 is 4.31 Å². The summed E-state index contributed by atoms with van der Waals surface area (Å²) in [5.41, 5.74) is 0.0385. The number of hydrogen-bond acceptors (Lipinski definition) is 7. The highest BCUT2D eigenvalue weighted by Gasteiger charge is 2.54. The minimum absolute atomic E-state index is 0.0699. The lowest BCUT2D eigenvalue weighted by molar-refractivity contribution is -0.149. The number of esters is 1. The van der Waals surface area contributed by atoms with Crippen LogP contribution in [0.4, 0.5) is 28.4 Å².